The maximum Gasteiger partial charge on any atom is 0.306 e. The van der Waals surface area contributed by atoms with Crippen molar-refractivity contribution < 1.29 is 18.3 Å². The SMILES string of the molecule is Cc1cnc(COC(=O)C[C@@H](C)c2ccccc2F)o1. The highest BCUT2D eigenvalue weighted by molar-refractivity contribution is 5.70. The fourth-order valence-electron chi connectivity index (χ4n) is 1.90. The molecule has 0 saturated carbocycles. The summed E-state index contributed by atoms with van der Waals surface area (Å²) in [6, 6.07) is 6.42. The summed E-state index contributed by atoms with van der Waals surface area (Å²) in [4.78, 5) is 15.6. The molecule has 0 aliphatic rings. The second-order valence-corrected chi connectivity index (χ2v) is 4.65. The lowest BCUT2D eigenvalue weighted by Gasteiger charge is -2.11. The fourth-order valence-corrected chi connectivity index (χ4v) is 1.90. The smallest absolute Gasteiger partial charge is 0.306 e. The van der Waals surface area contributed by atoms with E-state index in [4.69, 9.17) is 9.15 Å². The highest BCUT2D eigenvalue weighted by Crippen LogP contribution is 2.22. The number of rotatable bonds is 5. The maximum absolute atomic E-state index is 13.6. The van der Waals surface area contributed by atoms with Crippen molar-refractivity contribution in [2.24, 2.45) is 0 Å². The molecule has 0 saturated heterocycles. The third-order valence-corrected chi connectivity index (χ3v) is 2.93. The predicted octanol–water partition coefficient (Wildman–Crippen LogP) is 3.36. The van der Waals surface area contributed by atoms with Crippen molar-refractivity contribution in [2.45, 2.75) is 32.8 Å². The Kier molecular flexibility index (Phi) is 4.50. The highest BCUT2D eigenvalue weighted by Gasteiger charge is 2.16. The van der Waals surface area contributed by atoms with E-state index in [9.17, 15) is 9.18 Å². The number of hydrogen-bond acceptors (Lipinski definition) is 4. The van der Waals surface area contributed by atoms with Crippen LogP contribution in [0.15, 0.2) is 34.9 Å². The van der Waals surface area contributed by atoms with Crippen LogP contribution in [0.4, 0.5) is 4.39 Å². The summed E-state index contributed by atoms with van der Waals surface area (Å²) < 4.78 is 23.8. The van der Waals surface area contributed by atoms with Crippen LogP contribution in [-0.2, 0) is 16.1 Å². The number of benzene rings is 1. The molecule has 106 valence electrons. The second-order valence-electron chi connectivity index (χ2n) is 4.65. The largest absolute Gasteiger partial charge is 0.456 e. The number of ether oxygens (including phenoxy) is 1. The van der Waals surface area contributed by atoms with Gasteiger partial charge in [-0.1, -0.05) is 25.1 Å². The molecule has 0 aliphatic carbocycles. The van der Waals surface area contributed by atoms with Gasteiger partial charge in [0.1, 0.15) is 11.6 Å². The van der Waals surface area contributed by atoms with Crippen molar-refractivity contribution in [3.8, 4) is 0 Å². The molecule has 2 aromatic rings. The summed E-state index contributed by atoms with van der Waals surface area (Å²) in [6.07, 6.45) is 1.67. The van der Waals surface area contributed by atoms with E-state index in [1.54, 1.807) is 38.2 Å². The summed E-state index contributed by atoms with van der Waals surface area (Å²) in [5.41, 5.74) is 0.511. The third-order valence-electron chi connectivity index (χ3n) is 2.93. The molecule has 1 aromatic heterocycles. The Morgan fingerprint density at radius 2 is 2.20 bits per heavy atom. The summed E-state index contributed by atoms with van der Waals surface area (Å²) in [6.45, 7) is 3.55. The highest BCUT2D eigenvalue weighted by atomic mass is 19.1. The minimum Gasteiger partial charge on any atom is -0.456 e. The van der Waals surface area contributed by atoms with Crippen LogP contribution < -0.4 is 0 Å². The van der Waals surface area contributed by atoms with Crippen LogP contribution in [0.1, 0.15) is 36.5 Å². The van der Waals surface area contributed by atoms with E-state index in [0.717, 1.165) is 0 Å². The Balaban J connectivity index is 1.87. The number of aromatic nitrogens is 1. The van der Waals surface area contributed by atoms with Gasteiger partial charge >= 0.3 is 5.97 Å². The van der Waals surface area contributed by atoms with Gasteiger partial charge < -0.3 is 9.15 Å². The topological polar surface area (TPSA) is 52.3 Å². The molecule has 5 heteroatoms. The molecule has 0 radical (unpaired) electrons. The molecule has 1 heterocycles. The average molecular weight is 277 g/mol. The van der Waals surface area contributed by atoms with Gasteiger partial charge in [-0.2, -0.15) is 0 Å². The number of halogens is 1. The zero-order valence-corrected chi connectivity index (χ0v) is 11.4. The van der Waals surface area contributed by atoms with E-state index in [-0.39, 0.29) is 24.8 Å². The molecule has 1 atom stereocenters. The number of aryl methyl sites for hydroxylation is 1. The number of esters is 1. The van der Waals surface area contributed by atoms with E-state index < -0.39 is 5.97 Å². The van der Waals surface area contributed by atoms with Gasteiger partial charge in [-0.15, -0.1) is 0 Å². The third kappa shape index (κ3) is 3.66. The normalized spacial score (nSPS) is 12.2. The van der Waals surface area contributed by atoms with E-state index in [0.29, 0.717) is 17.2 Å². The molecule has 0 fully saturated rings. The van der Waals surface area contributed by atoms with Crippen molar-refractivity contribution in [1.29, 1.82) is 0 Å². The van der Waals surface area contributed by atoms with Gasteiger partial charge in [-0.25, -0.2) is 9.37 Å². The summed E-state index contributed by atoms with van der Waals surface area (Å²) in [5, 5.41) is 0. The quantitative estimate of drug-likeness (QED) is 0.786. The zero-order valence-electron chi connectivity index (χ0n) is 11.4. The number of oxazole rings is 1. The van der Waals surface area contributed by atoms with Crippen LogP contribution in [0.5, 0.6) is 0 Å². The van der Waals surface area contributed by atoms with Crippen LogP contribution in [0.2, 0.25) is 0 Å². The summed E-state index contributed by atoms with van der Waals surface area (Å²) >= 11 is 0. The molecule has 0 spiro atoms. The zero-order chi connectivity index (χ0) is 14.5. The van der Waals surface area contributed by atoms with E-state index in [2.05, 4.69) is 4.98 Å². The first-order valence-electron chi connectivity index (χ1n) is 6.37. The Labute approximate surface area is 116 Å². The molecule has 0 aliphatic heterocycles. The number of carbonyl (C=O) groups excluding carboxylic acids is 1. The van der Waals surface area contributed by atoms with Crippen molar-refractivity contribution in [3.63, 3.8) is 0 Å². The van der Waals surface area contributed by atoms with Crippen molar-refractivity contribution >= 4 is 5.97 Å². The minimum absolute atomic E-state index is 0.00331. The van der Waals surface area contributed by atoms with Gasteiger partial charge in [-0.3, -0.25) is 4.79 Å². The van der Waals surface area contributed by atoms with Crippen LogP contribution >= 0.6 is 0 Å². The van der Waals surface area contributed by atoms with Crippen LogP contribution in [0.25, 0.3) is 0 Å². The van der Waals surface area contributed by atoms with Gasteiger partial charge in [0.25, 0.3) is 0 Å². The molecule has 1 aromatic carbocycles. The molecule has 20 heavy (non-hydrogen) atoms. The average Bonchev–Trinajstić information content (AvgIpc) is 2.82. The Bertz CT molecular complexity index is 594. The van der Waals surface area contributed by atoms with Crippen LogP contribution in [0.3, 0.4) is 0 Å². The molecule has 0 N–H and O–H groups in total. The van der Waals surface area contributed by atoms with E-state index in [1.165, 1.54) is 6.07 Å². The molecular weight excluding hydrogens is 261 g/mol. The van der Waals surface area contributed by atoms with Gasteiger partial charge in [0, 0.05) is 0 Å². The minimum atomic E-state index is -0.406. The predicted molar refractivity (Wildman–Crippen MR) is 70.5 cm³/mol. The monoisotopic (exact) mass is 277 g/mol. The number of hydrogen-bond donors (Lipinski definition) is 0. The maximum atomic E-state index is 13.6. The summed E-state index contributed by atoms with van der Waals surface area (Å²) in [7, 11) is 0. The number of nitrogens with zero attached hydrogens (tertiary/aromatic N) is 1. The first-order valence-corrected chi connectivity index (χ1v) is 6.37. The number of carbonyl (C=O) groups is 1. The van der Waals surface area contributed by atoms with Gasteiger partial charge in [0.15, 0.2) is 6.61 Å². The van der Waals surface area contributed by atoms with E-state index >= 15 is 0 Å². The fraction of sp³-hybridized carbons (Fsp3) is 0.333. The first kappa shape index (κ1) is 14.2. The molecule has 2 rings (SSSR count). The van der Waals surface area contributed by atoms with Gasteiger partial charge in [0.05, 0.1) is 12.6 Å². The molecular formula is C15H16FNO3. The van der Waals surface area contributed by atoms with Crippen LogP contribution in [-0.4, -0.2) is 11.0 Å². The lowest BCUT2D eigenvalue weighted by atomic mass is 9.97. The molecule has 0 bridgehead atoms. The molecule has 0 unspecified atom stereocenters. The Morgan fingerprint density at radius 1 is 1.45 bits per heavy atom. The lowest BCUT2D eigenvalue weighted by Crippen LogP contribution is -2.09. The van der Waals surface area contributed by atoms with Crippen LogP contribution in [0, 0.1) is 12.7 Å². The Hall–Kier alpha value is -2.17. The standard InChI is InChI=1S/C15H16FNO3/c1-10(12-5-3-4-6-13(12)16)7-15(18)19-9-14-17-8-11(2)20-14/h3-6,8,10H,7,9H2,1-2H3/t10-/m1/s1. The summed E-state index contributed by atoms with van der Waals surface area (Å²) in [5.74, 6) is 0.0629. The molecule has 0 amide bonds. The molecule has 4 nitrogen and oxygen atoms in total. The van der Waals surface area contributed by atoms with Crippen molar-refractivity contribution in [3.05, 3.63) is 53.5 Å². The lowest BCUT2D eigenvalue weighted by molar-refractivity contribution is -0.146. The Morgan fingerprint density at radius 3 is 2.85 bits per heavy atom. The van der Waals surface area contributed by atoms with Gasteiger partial charge in [-0.05, 0) is 24.5 Å². The van der Waals surface area contributed by atoms with Gasteiger partial charge in [0.2, 0.25) is 5.89 Å². The van der Waals surface area contributed by atoms with Crippen molar-refractivity contribution in [2.75, 3.05) is 0 Å². The van der Waals surface area contributed by atoms with Crippen molar-refractivity contribution in [1.82, 2.24) is 4.98 Å². The first-order chi connectivity index (χ1) is 9.56. The van der Waals surface area contributed by atoms with E-state index in [1.807, 2.05) is 0 Å². The second kappa shape index (κ2) is 6.32.